The molecule has 1 aromatic carbocycles. The van der Waals surface area contributed by atoms with E-state index in [1.807, 2.05) is 37.9 Å². The number of aryl methyl sites for hydroxylation is 1. The third-order valence-electron chi connectivity index (χ3n) is 12.9. The van der Waals surface area contributed by atoms with Crippen LogP contribution in [0.1, 0.15) is 77.7 Å². The molecule has 4 fully saturated rings. The second-order valence-electron chi connectivity index (χ2n) is 17.5. The number of ether oxygens (including phenoxy) is 3. The van der Waals surface area contributed by atoms with E-state index in [0.29, 0.717) is 22.8 Å². The monoisotopic (exact) mass is 742 g/mol. The van der Waals surface area contributed by atoms with Gasteiger partial charge in [0.15, 0.2) is 0 Å². The number of fused-ring (bicyclic) bond motifs is 1. The summed E-state index contributed by atoms with van der Waals surface area (Å²) in [6, 6.07) is 6.78. The van der Waals surface area contributed by atoms with E-state index in [1.54, 1.807) is 38.2 Å². The first kappa shape index (κ1) is 38.6. The van der Waals surface area contributed by atoms with Crippen molar-refractivity contribution in [2.75, 3.05) is 73.1 Å². The molecule has 294 valence electrons. The van der Waals surface area contributed by atoms with Crippen LogP contribution in [0.15, 0.2) is 41.6 Å². The van der Waals surface area contributed by atoms with Gasteiger partial charge in [-0.2, -0.15) is 0 Å². The molecule has 4 aliphatic rings. The Kier molecular flexibility index (Phi) is 11.6. The predicted molar refractivity (Wildman–Crippen MR) is 213 cm³/mol. The molecule has 4 saturated heterocycles. The van der Waals surface area contributed by atoms with Crippen molar-refractivity contribution in [1.29, 1.82) is 0 Å². The van der Waals surface area contributed by atoms with Crippen molar-refractivity contribution in [1.82, 2.24) is 29.2 Å². The number of rotatable bonds is 8. The molecular weight excluding hydrogens is 681 g/mol. The van der Waals surface area contributed by atoms with Crippen LogP contribution in [0.2, 0.25) is 0 Å². The highest BCUT2D eigenvalue weighted by Crippen LogP contribution is 2.44. The number of aromatic nitrogens is 2. The molecule has 11 heteroatoms. The van der Waals surface area contributed by atoms with Gasteiger partial charge in [-0.3, -0.25) is 14.7 Å². The molecule has 7 rings (SSSR count). The van der Waals surface area contributed by atoms with Gasteiger partial charge < -0.3 is 33.5 Å². The molecule has 6 heterocycles. The van der Waals surface area contributed by atoms with Crippen molar-refractivity contribution in [3.8, 4) is 22.6 Å². The van der Waals surface area contributed by atoms with Crippen LogP contribution in [0.5, 0.6) is 11.5 Å². The minimum absolute atomic E-state index is 0.0610. The number of piperidine rings is 4. The van der Waals surface area contributed by atoms with Gasteiger partial charge in [-0.25, -0.2) is 4.79 Å². The van der Waals surface area contributed by atoms with Crippen LogP contribution in [0.4, 0.5) is 4.79 Å². The van der Waals surface area contributed by atoms with E-state index in [0.717, 1.165) is 79.1 Å². The molecule has 3 aromatic rings. The summed E-state index contributed by atoms with van der Waals surface area (Å²) in [5.74, 6) is 2.29. The molecule has 0 N–H and O–H groups in total. The Bertz CT molecular complexity index is 1790. The summed E-state index contributed by atoms with van der Waals surface area (Å²) < 4.78 is 19.2. The number of methoxy groups -OCH3 is 2. The minimum atomic E-state index is -0.436. The van der Waals surface area contributed by atoms with Crippen molar-refractivity contribution in [2.24, 2.45) is 18.4 Å². The molecule has 0 radical (unpaired) electrons. The van der Waals surface area contributed by atoms with Crippen molar-refractivity contribution < 1.29 is 19.0 Å². The average Bonchev–Trinajstić information content (AvgIpc) is 3.17. The first-order chi connectivity index (χ1) is 25.9. The van der Waals surface area contributed by atoms with Crippen LogP contribution in [0, 0.1) is 11.3 Å². The number of nitrogens with zero attached hydrogens (tertiary/aromatic N) is 6. The number of hydrogen-bond donors (Lipinski definition) is 0. The molecule has 2 aromatic heterocycles. The zero-order valence-electron chi connectivity index (χ0n) is 33.6. The Morgan fingerprint density at radius 2 is 1.48 bits per heavy atom. The molecule has 0 unspecified atom stereocenters. The second-order valence-corrected chi connectivity index (χ2v) is 17.5. The summed E-state index contributed by atoms with van der Waals surface area (Å²) >= 11 is 0. The van der Waals surface area contributed by atoms with Crippen LogP contribution in [0.3, 0.4) is 0 Å². The van der Waals surface area contributed by atoms with E-state index in [4.69, 9.17) is 14.2 Å². The summed E-state index contributed by atoms with van der Waals surface area (Å²) in [4.78, 5) is 39.5. The topological polar surface area (TPSA) is 92.6 Å². The fraction of sp³-hybridized carbons (Fsp3) is 0.651. The van der Waals surface area contributed by atoms with E-state index in [1.165, 1.54) is 71.2 Å². The lowest BCUT2D eigenvalue weighted by molar-refractivity contribution is 0.00173. The summed E-state index contributed by atoms with van der Waals surface area (Å²) in [7, 11) is 5.24. The molecule has 1 spiro atoms. The predicted octanol–water partition coefficient (Wildman–Crippen LogP) is 6.41. The highest BCUT2D eigenvalue weighted by Gasteiger charge is 2.40. The van der Waals surface area contributed by atoms with Gasteiger partial charge in [0.1, 0.15) is 17.1 Å². The molecule has 4 aliphatic heterocycles. The van der Waals surface area contributed by atoms with Crippen LogP contribution < -0.4 is 15.0 Å². The average molecular weight is 743 g/mol. The Hall–Kier alpha value is -3.67. The first-order valence-corrected chi connectivity index (χ1v) is 20.3. The Labute approximate surface area is 321 Å². The van der Waals surface area contributed by atoms with Gasteiger partial charge in [-0.1, -0.05) is 0 Å². The van der Waals surface area contributed by atoms with Crippen molar-refractivity contribution in [3.63, 3.8) is 0 Å². The molecule has 0 bridgehead atoms. The van der Waals surface area contributed by atoms with E-state index in [9.17, 15) is 9.59 Å². The number of likely N-dealkylation sites (tertiary alicyclic amines) is 4. The van der Waals surface area contributed by atoms with Crippen LogP contribution in [0.25, 0.3) is 21.9 Å². The Balaban J connectivity index is 0.881. The first-order valence-electron chi connectivity index (χ1n) is 20.3. The Morgan fingerprint density at radius 3 is 2.09 bits per heavy atom. The van der Waals surface area contributed by atoms with Crippen LogP contribution in [-0.2, 0) is 18.3 Å². The van der Waals surface area contributed by atoms with E-state index >= 15 is 0 Å². The molecule has 54 heavy (non-hydrogen) atoms. The smallest absolute Gasteiger partial charge is 0.410 e. The number of carbonyl (C=O) groups excluding carboxylic acids is 1. The summed E-state index contributed by atoms with van der Waals surface area (Å²) in [6.07, 6.45) is 14.9. The normalized spacial score (nSPS) is 21.1. The maximum Gasteiger partial charge on any atom is 0.410 e. The maximum atomic E-state index is 12.8. The lowest BCUT2D eigenvalue weighted by Crippen LogP contribution is -2.52. The van der Waals surface area contributed by atoms with E-state index in [2.05, 4.69) is 31.8 Å². The molecule has 0 aliphatic carbocycles. The summed E-state index contributed by atoms with van der Waals surface area (Å²) in [6.45, 7) is 16.4. The molecule has 11 nitrogen and oxygen atoms in total. The third-order valence-corrected chi connectivity index (χ3v) is 12.9. The fourth-order valence-corrected chi connectivity index (χ4v) is 9.57. The zero-order chi connectivity index (χ0) is 38.0. The van der Waals surface area contributed by atoms with Gasteiger partial charge in [0.2, 0.25) is 0 Å². The largest absolute Gasteiger partial charge is 0.496 e. The lowest BCUT2D eigenvalue weighted by atomic mass is 9.71. The maximum absolute atomic E-state index is 12.8. The molecule has 0 saturated carbocycles. The number of amides is 1. The van der Waals surface area contributed by atoms with Gasteiger partial charge in [-0.15, -0.1) is 0 Å². The van der Waals surface area contributed by atoms with Crippen LogP contribution in [-0.4, -0.2) is 120 Å². The minimum Gasteiger partial charge on any atom is -0.496 e. The van der Waals surface area contributed by atoms with Gasteiger partial charge in [0.05, 0.1) is 25.2 Å². The quantitative estimate of drug-likeness (QED) is 0.260. The zero-order valence-corrected chi connectivity index (χ0v) is 33.6. The molecule has 1 amide bonds. The van der Waals surface area contributed by atoms with Crippen molar-refractivity contribution in [2.45, 2.75) is 90.3 Å². The molecule has 0 atom stereocenters. The van der Waals surface area contributed by atoms with Gasteiger partial charge in [0, 0.05) is 63.4 Å². The molecular formula is C43H62N6O5. The lowest BCUT2D eigenvalue weighted by Gasteiger charge is -2.49. The standard InChI is InChI=1S/C43H62N6O5/c1-42(2,3)54-41(51)49-19-8-31(9-20-49)28-46-17-10-33(11-18-46)48-23-14-43(15-24-48)12-21-47(22-13-43)30-37-38(52-5)25-32(26-39(37)53-6)36-29-45(4)40(50)35-27-44-16-7-34(35)36/h7,16,25-27,29,31,33H,8-15,17-24,28,30H2,1-6H3. The number of carbonyl (C=O) groups is 1. The van der Waals surface area contributed by atoms with Crippen LogP contribution >= 0.6 is 0 Å². The summed E-state index contributed by atoms with van der Waals surface area (Å²) in [5, 5.41) is 1.47. The Morgan fingerprint density at radius 1 is 0.852 bits per heavy atom. The third kappa shape index (κ3) is 8.58. The SMILES string of the molecule is COc1cc(-c2cn(C)c(=O)c3cnccc23)cc(OC)c1CN1CCC2(CC1)CCN(C1CCN(CC3CCN(C(=O)OC(C)(C)C)CC3)CC1)CC2. The highest BCUT2D eigenvalue weighted by molar-refractivity contribution is 5.95. The van der Waals surface area contributed by atoms with Crippen molar-refractivity contribution >= 4 is 16.9 Å². The van der Waals surface area contributed by atoms with Crippen molar-refractivity contribution in [3.05, 3.63) is 52.7 Å². The number of hydrogen-bond acceptors (Lipinski definition) is 9. The van der Waals surface area contributed by atoms with Gasteiger partial charge in [-0.05, 0) is 152 Å². The van der Waals surface area contributed by atoms with E-state index in [-0.39, 0.29) is 11.7 Å². The van der Waals surface area contributed by atoms with Gasteiger partial charge >= 0.3 is 6.09 Å². The fourth-order valence-electron chi connectivity index (χ4n) is 9.57. The summed E-state index contributed by atoms with van der Waals surface area (Å²) in [5.41, 5.74) is 2.93. The highest BCUT2D eigenvalue weighted by atomic mass is 16.6. The van der Waals surface area contributed by atoms with Gasteiger partial charge in [0.25, 0.3) is 5.56 Å². The number of pyridine rings is 2. The second kappa shape index (κ2) is 16.2. The van der Waals surface area contributed by atoms with E-state index < -0.39 is 5.60 Å². The number of benzene rings is 1.